The smallest absolute Gasteiger partial charge is 0.343 e. The number of aromatic nitrogens is 3. The molecule has 0 atom stereocenters. The number of halogens is 3. The number of nitriles is 1. The van der Waals surface area contributed by atoms with E-state index in [0.29, 0.717) is 24.4 Å². The molecule has 0 unspecified atom stereocenters. The summed E-state index contributed by atoms with van der Waals surface area (Å²) in [4.78, 5) is 25.8. The molecule has 1 saturated carbocycles. The number of hydrogen-bond donors (Lipinski definition) is 4. The van der Waals surface area contributed by atoms with Crippen LogP contribution in [0.4, 0.5) is 36.4 Å². The van der Waals surface area contributed by atoms with Gasteiger partial charge in [-0.2, -0.15) is 28.4 Å². The maximum Gasteiger partial charge on any atom is 0.405 e. The molecule has 2 aromatic heterocycles. The van der Waals surface area contributed by atoms with Gasteiger partial charge in [0.25, 0.3) is 5.91 Å². The van der Waals surface area contributed by atoms with Gasteiger partial charge in [-0.25, -0.2) is 10.3 Å². The zero-order chi connectivity index (χ0) is 26.0. The standard InChI is InChI=1S/C25H23F3N8O/c26-25(27,28)14-32-22(37)18-12-31-23(33-17-5-4-15-6-9-30-11-16(15)10-17)36-21(18)35-20-3-1-2-19(34-20)24(13-29)7-8-24/h1-5,10,12,30H,6-9,11,14H2,(H,32,37)(H2,31,33,34,35,36)/p+1. The molecule has 190 valence electrons. The number of amides is 1. The first-order valence-corrected chi connectivity index (χ1v) is 11.8. The van der Waals surface area contributed by atoms with Crippen molar-refractivity contribution in [3.8, 4) is 6.07 Å². The van der Waals surface area contributed by atoms with Crippen molar-refractivity contribution in [2.24, 2.45) is 0 Å². The van der Waals surface area contributed by atoms with Gasteiger partial charge in [0.1, 0.15) is 12.1 Å². The Morgan fingerprint density at radius 3 is 2.78 bits per heavy atom. The lowest BCUT2D eigenvalue weighted by atomic mass is 10.0. The Morgan fingerprint density at radius 1 is 1.19 bits per heavy atom. The van der Waals surface area contributed by atoms with E-state index < -0.39 is 24.0 Å². The molecule has 1 aliphatic heterocycles. The van der Waals surface area contributed by atoms with Crippen LogP contribution in [0.3, 0.4) is 0 Å². The minimum absolute atomic E-state index is 0.100. The Hall–Kier alpha value is -4.08. The Balaban J connectivity index is 1.44. The summed E-state index contributed by atoms with van der Waals surface area (Å²) >= 11 is 0. The first kappa shape index (κ1) is 24.6. The summed E-state index contributed by atoms with van der Waals surface area (Å²) < 4.78 is 38.1. The fourth-order valence-electron chi connectivity index (χ4n) is 4.19. The van der Waals surface area contributed by atoms with Crippen molar-refractivity contribution < 1.29 is 23.3 Å². The van der Waals surface area contributed by atoms with Crippen LogP contribution in [0.15, 0.2) is 42.6 Å². The molecule has 5 N–H and O–H groups in total. The van der Waals surface area contributed by atoms with E-state index in [0.717, 1.165) is 30.8 Å². The second-order valence-corrected chi connectivity index (χ2v) is 9.11. The molecule has 3 heterocycles. The van der Waals surface area contributed by atoms with Crippen LogP contribution in [0.25, 0.3) is 0 Å². The number of carbonyl (C=O) groups is 1. The van der Waals surface area contributed by atoms with Gasteiger partial charge in [-0.1, -0.05) is 12.1 Å². The van der Waals surface area contributed by atoms with Gasteiger partial charge in [0.05, 0.1) is 23.4 Å². The summed E-state index contributed by atoms with van der Waals surface area (Å²) in [7, 11) is 0. The number of rotatable bonds is 7. The van der Waals surface area contributed by atoms with E-state index in [1.165, 1.54) is 17.1 Å². The molecule has 1 aliphatic carbocycles. The number of nitrogens with zero attached hydrogens (tertiary/aromatic N) is 4. The molecule has 1 fully saturated rings. The Bertz CT molecular complexity index is 1380. The summed E-state index contributed by atoms with van der Waals surface area (Å²) in [5.74, 6) is -0.257. The molecule has 12 heteroatoms. The first-order chi connectivity index (χ1) is 17.7. The van der Waals surface area contributed by atoms with Gasteiger partial charge in [-0.3, -0.25) is 4.79 Å². The largest absolute Gasteiger partial charge is 0.405 e. The average molecular weight is 510 g/mol. The second-order valence-electron chi connectivity index (χ2n) is 9.11. The van der Waals surface area contributed by atoms with Crippen LogP contribution in [-0.2, 0) is 18.4 Å². The van der Waals surface area contributed by atoms with Gasteiger partial charge in [0.15, 0.2) is 0 Å². The van der Waals surface area contributed by atoms with Crippen molar-refractivity contribution in [1.29, 1.82) is 5.26 Å². The highest BCUT2D eigenvalue weighted by molar-refractivity contribution is 5.97. The molecule has 2 aliphatic rings. The van der Waals surface area contributed by atoms with E-state index in [1.54, 1.807) is 18.2 Å². The minimum atomic E-state index is -4.56. The number of carbonyl (C=O) groups excluding carboxylic acids is 1. The van der Waals surface area contributed by atoms with Crippen LogP contribution in [0.2, 0.25) is 0 Å². The molecule has 37 heavy (non-hydrogen) atoms. The van der Waals surface area contributed by atoms with Crippen LogP contribution in [0.5, 0.6) is 0 Å². The third kappa shape index (κ3) is 5.68. The molecule has 0 spiro atoms. The first-order valence-electron chi connectivity index (χ1n) is 11.8. The zero-order valence-electron chi connectivity index (χ0n) is 19.7. The summed E-state index contributed by atoms with van der Waals surface area (Å²) in [6, 6.07) is 13.4. The van der Waals surface area contributed by atoms with E-state index in [9.17, 15) is 23.2 Å². The Labute approximate surface area is 210 Å². The summed E-state index contributed by atoms with van der Waals surface area (Å²) in [5.41, 5.74) is 3.02. The van der Waals surface area contributed by atoms with Crippen LogP contribution < -0.4 is 21.3 Å². The third-order valence-corrected chi connectivity index (χ3v) is 6.37. The highest BCUT2D eigenvalue weighted by Gasteiger charge is 2.46. The molecular formula is C25H24F3N8O+. The predicted molar refractivity (Wildman–Crippen MR) is 128 cm³/mol. The summed E-state index contributed by atoms with van der Waals surface area (Å²) in [6.45, 7) is 0.187. The SMILES string of the molecule is N#CC1(c2cccc([NH2+]c3nc(Nc4ccc5c(c4)CNCC5)ncc3C(=O)NCC(F)(F)F)n2)CC1. The van der Waals surface area contributed by atoms with E-state index >= 15 is 0 Å². The fraction of sp³-hybridized carbons (Fsp3) is 0.320. The molecule has 0 radical (unpaired) electrons. The molecule has 1 aromatic carbocycles. The zero-order valence-corrected chi connectivity index (χ0v) is 19.7. The second kappa shape index (κ2) is 9.76. The number of pyridine rings is 1. The number of hydrogen-bond acceptors (Lipinski definition) is 7. The predicted octanol–water partition coefficient (Wildman–Crippen LogP) is 2.63. The van der Waals surface area contributed by atoms with Crippen LogP contribution in [0.1, 0.15) is 40.0 Å². The highest BCUT2D eigenvalue weighted by Crippen LogP contribution is 2.46. The Kier molecular flexibility index (Phi) is 6.49. The van der Waals surface area contributed by atoms with Crippen LogP contribution in [-0.4, -0.2) is 40.1 Å². The number of fused-ring (bicyclic) bond motifs is 1. The molecule has 1 amide bonds. The van der Waals surface area contributed by atoms with Crippen molar-refractivity contribution in [3.63, 3.8) is 0 Å². The van der Waals surface area contributed by atoms with Crippen LogP contribution >= 0.6 is 0 Å². The number of nitrogens with two attached hydrogens (primary N) is 1. The van der Waals surface area contributed by atoms with E-state index in [4.69, 9.17) is 0 Å². The number of quaternary nitrogens is 1. The average Bonchev–Trinajstić information content (AvgIpc) is 3.69. The number of alkyl halides is 3. The maximum atomic E-state index is 12.7. The molecule has 9 nitrogen and oxygen atoms in total. The third-order valence-electron chi connectivity index (χ3n) is 6.37. The lowest BCUT2D eigenvalue weighted by Crippen LogP contribution is -2.73. The van der Waals surface area contributed by atoms with E-state index in [-0.39, 0.29) is 17.3 Å². The normalized spacial score (nSPS) is 15.8. The van der Waals surface area contributed by atoms with E-state index in [2.05, 4.69) is 31.7 Å². The number of benzene rings is 1. The van der Waals surface area contributed by atoms with Gasteiger partial charge in [0, 0.05) is 18.3 Å². The van der Waals surface area contributed by atoms with Gasteiger partial charge >= 0.3 is 6.18 Å². The Morgan fingerprint density at radius 2 is 2.03 bits per heavy atom. The van der Waals surface area contributed by atoms with Crippen molar-refractivity contribution in [2.45, 2.75) is 37.4 Å². The summed E-state index contributed by atoms with van der Waals surface area (Å²) in [6.07, 6.45) is -1.01. The van der Waals surface area contributed by atoms with Gasteiger partial charge in [-0.05, 0) is 55.1 Å². The van der Waals surface area contributed by atoms with Crippen LogP contribution in [0, 0.1) is 11.3 Å². The lowest BCUT2D eigenvalue weighted by Gasteiger charge is -2.18. The van der Waals surface area contributed by atoms with Gasteiger partial charge in [-0.15, -0.1) is 0 Å². The fourth-order valence-corrected chi connectivity index (χ4v) is 4.19. The quantitative estimate of drug-likeness (QED) is 0.385. The monoisotopic (exact) mass is 509 g/mol. The van der Waals surface area contributed by atoms with Crippen molar-refractivity contribution in [2.75, 3.05) is 18.4 Å². The number of anilines is 2. The lowest BCUT2D eigenvalue weighted by molar-refractivity contribution is -0.487. The van der Waals surface area contributed by atoms with Gasteiger partial charge in [0.2, 0.25) is 17.6 Å². The topological polar surface area (TPSA) is 132 Å². The molecule has 0 bridgehead atoms. The molecule has 3 aromatic rings. The van der Waals surface area contributed by atoms with E-state index in [1.807, 2.05) is 23.5 Å². The highest BCUT2D eigenvalue weighted by atomic mass is 19.4. The molecule has 5 rings (SSSR count). The van der Waals surface area contributed by atoms with Crippen molar-refractivity contribution in [1.82, 2.24) is 25.6 Å². The maximum absolute atomic E-state index is 12.7. The number of nitrogens with one attached hydrogen (secondary N) is 3. The summed E-state index contributed by atoms with van der Waals surface area (Å²) in [5, 5.41) is 19.3. The van der Waals surface area contributed by atoms with Gasteiger partial charge < -0.3 is 16.0 Å². The molecular weight excluding hydrogens is 485 g/mol. The van der Waals surface area contributed by atoms with Crippen molar-refractivity contribution in [3.05, 3.63) is 65.0 Å². The van der Waals surface area contributed by atoms with Crippen molar-refractivity contribution >= 4 is 29.2 Å². The molecule has 0 saturated heterocycles. The minimum Gasteiger partial charge on any atom is -0.343 e.